The molecule has 0 aliphatic carbocycles. The molecule has 0 spiro atoms. The first kappa shape index (κ1) is 65.9. The van der Waals surface area contributed by atoms with Crippen LogP contribution < -0.4 is 31.1 Å². The largest absolute Gasteiger partial charge is 0.744 e. The third-order valence-corrected chi connectivity index (χ3v) is 16.0. The molecule has 0 aliphatic heterocycles. The monoisotopic (exact) mass is 1290 g/mol. The van der Waals surface area contributed by atoms with E-state index in [1.165, 1.54) is 37.5 Å². The van der Waals surface area contributed by atoms with Gasteiger partial charge >= 0.3 is 0 Å². The Morgan fingerprint density at radius 3 is 0.940 bits per heavy atom. The quantitative estimate of drug-likeness (QED) is 0.0257. The molecule has 2 aromatic heterocycles. The van der Waals surface area contributed by atoms with Crippen LogP contribution in [0.25, 0.3) is 12.2 Å². The zero-order valence-electron chi connectivity index (χ0n) is 43.4. The second-order valence-electron chi connectivity index (χ2n) is 18.2. The number of aliphatic hydroxyl groups is 4. The molecular formula is C44H46N12O22S6-6. The minimum absolute atomic E-state index is 0.288. The van der Waals surface area contributed by atoms with Crippen LogP contribution in [0.5, 0.6) is 0 Å². The number of aromatic nitrogens is 6. The van der Waals surface area contributed by atoms with Gasteiger partial charge in [0.1, 0.15) is 60.7 Å². The first-order valence-corrected chi connectivity index (χ1v) is 31.9. The van der Waals surface area contributed by atoms with Crippen LogP contribution in [0.4, 0.5) is 58.4 Å². The van der Waals surface area contributed by atoms with Gasteiger partial charge < -0.3 is 78.8 Å². The number of hydrogen-bond acceptors (Lipinski definition) is 34. The number of benzene rings is 4. The van der Waals surface area contributed by atoms with Gasteiger partial charge in [0.05, 0.1) is 65.2 Å². The van der Waals surface area contributed by atoms with Gasteiger partial charge in [-0.25, -0.2) is 50.5 Å². The fourth-order valence-electron chi connectivity index (χ4n) is 7.56. The molecule has 40 heteroatoms. The Morgan fingerprint density at radius 2 is 0.679 bits per heavy atom. The van der Waals surface area contributed by atoms with Gasteiger partial charge in [0, 0.05) is 37.6 Å². The first-order valence-electron chi connectivity index (χ1n) is 23.5. The summed E-state index contributed by atoms with van der Waals surface area (Å²) in [6.45, 7) is 4.24. The maximum absolute atomic E-state index is 12.8. The predicted octanol–water partition coefficient (Wildman–Crippen LogP) is -0.238. The highest BCUT2D eigenvalue weighted by Gasteiger charge is 2.23. The molecule has 8 N–H and O–H groups in total. The summed E-state index contributed by atoms with van der Waals surface area (Å²) in [6, 6.07) is 8.97. The Balaban J connectivity index is 1.41. The van der Waals surface area contributed by atoms with Crippen molar-refractivity contribution in [2.75, 3.05) is 57.2 Å². The highest BCUT2D eigenvalue weighted by atomic mass is 32.2. The predicted molar refractivity (Wildman–Crippen MR) is 286 cm³/mol. The second-order valence-corrected chi connectivity index (χ2v) is 26.3. The number of nitrogens with zero attached hydrogens (tertiary/aromatic N) is 8. The SMILES string of the molecule is CC(O)CN(CC(C)O)c1nc(Nc2ccc(/C=C/c3ccc(Nc4nc(Nc5cc(S(=O)(=O)[O-])ccc5S(=O)(=O)[O-])nc(N(CC(C)O)CC(C)O)n4)cc3S(=O)(=O)[O-])c(S(=O)(=O)[O-])c2)nc(Nc2cc(S(=O)(=O)[O-])ccc2S(=O)(=O)[O-])n1. The van der Waals surface area contributed by atoms with Crippen LogP contribution in [0, 0.1) is 0 Å². The van der Waals surface area contributed by atoms with Crippen LogP contribution >= 0.6 is 0 Å². The van der Waals surface area contributed by atoms with Gasteiger partial charge in [-0.3, -0.25) is 0 Å². The van der Waals surface area contributed by atoms with E-state index in [2.05, 4.69) is 51.2 Å². The van der Waals surface area contributed by atoms with Gasteiger partial charge in [-0.2, -0.15) is 29.9 Å². The molecule has 0 saturated carbocycles. The van der Waals surface area contributed by atoms with Gasteiger partial charge in [0.15, 0.2) is 0 Å². The molecule has 6 rings (SSSR count). The highest BCUT2D eigenvalue weighted by molar-refractivity contribution is 7.87. The van der Waals surface area contributed by atoms with Crippen LogP contribution in [0.3, 0.4) is 0 Å². The molecule has 2 heterocycles. The van der Waals surface area contributed by atoms with Crippen LogP contribution in [0.2, 0.25) is 0 Å². The summed E-state index contributed by atoms with van der Waals surface area (Å²) in [4.78, 5) is 21.1. The van der Waals surface area contributed by atoms with Crippen LogP contribution in [0.15, 0.2) is 102 Å². The van der Waals surface area contributed by atoms with E-state index in [0.717, 1.165) is 48.6 Å². The zero-order chi connectivity index (χ0) is 62.7. The lowest BCUT2D eigenvalue weighted by Crippen LogP contribution is -2.37. The van der Waals surface area contributed by atoms with E-state index in [9.17, 15) is 98.2 Å². The van der Waals surface area contributed by atoms with Crippen molar-refractivity contribution in [3.63, 3.8) is 0 Å². The minimum Gasteiger partial charge on any atom is -0.744 e. The number of anilines is 10. The summed E-state index contributed by atoms with van der Waals surface area (Å²) >= 11 is 0. The molecule has 4 unspecified atom stereocenters. The molecular weight excluding hydrogens is 1240 g/mol. The van der Waals surface area contributed by atoms with Crippen LogP contribution in [-0.4, -0.2) is 179 Å². The van der Waals surface area contributed by atoms with Crippen molar-refractivity contribution in [3.8, 4) is 0 Å². The third-order valence-electron chi connectivity index (χ3n) is 10.8. The van der Waals surface area contributed by atoms with Crippen molar-refractivity contribution in [2.45, 2.75) is 81.5 Å². The number of nitrogens with one attached hydrogen (secondary N) is 4. The average molecular weight is 1290 g/mol. The molecule has 0 amide bonds. The number of aliphatic hydroxyl groups excluding tert-OH is 4. The average Bonchev–Trinajstić information content (AvgIpc) is 1.56. The van der Waals surface area contributed by atoms with E-state index in [1.807, 2.05) is 0 Å². The van der Waals surface area contributed by atoms with Crippen molar-refractivity contribution >= 4 is 131 Å². The maximum atomic E-state index is 12.8. The van der Waals surface area contributed by atoms with E-state index in [-0.39, 0.29) is 37.6 Å². The molecule has 4 atom stereocenters. The third kappa shape index (κ3) is 18.1. The standard InChI is InChI=1S/C44H52N12O22S6/c1-23(57)19-55(20-24(2)58)43-51-39(49-41(53-43)47-33-17-31(79(61,62)63)11-13-35(33)81(67,68)69)45-29-9-7-27(37(15-29)83(73,74)75)5-6-28-8-10-30(16-38(28)84(76,77)78)46-40-50-42(54-44(52-40)56(21-25(3)59)22-26(4)60)48-34-18-32(80(64,65)66)12-14-36(34)82(70,71)72/h5-18,23-26,57-60H,19-22H2,1-4H3,(H,61,62,63)(H,64,65,66)(H,67,68,69)(H,70,71,72)(H,73,74,75)(H,76,77,78)(H2,45,47,49,51,53)(H2,46,48,50,52,54)/p-6/b6-5+. The number of rotatable bonds is 26. The summed E-state index contributed by atoms with van der Waals surface area (Å²) in [5.74, 6) is -3.30. The molecule has 34 nitrogen and oxygen atoms in total. The van der Waals surface area contributed by atoms with Crippen molar-refractivity contribution in [3.05, 3.63) is 83.9 Å². The summed E-state index contributed by atoms with van der Waals surface area (Å²) in [5.41, 5.74) is -3.05. The molecule has 84 heavy (non-hydrogen) atoms. The van der Waals surface area contributed by atoms with E-state index in [0.29, 0.717) is 36.4 Å². The van der Waals surface area contributed by atoms with Crippen molar-refractivity contribution in [1.29, 1.82) is 0 Å². The fourth-order valence-corrected chi connectivity index (χ4v) is 11.2. The summed E-state index contributed by atoms with van der Waals surface area (Å²) in [6.07, 6.45) is -2.67. The summed E-state index contributed by atoms with van der Waals surface area (Å²) in [7, 11) is -32.3. The molecule has 0 bridgehead atoms. The lowest BCUT2D eigenvalue weighted by Gasteiger charge is -2.26. The zero-order valence-corrected chi connectivity index (χ0v) is 48.3. The highest BCUT2D eigenvalue weighted by Crippen LogP contribution is 2.33. The minimum atomic E-state index is -5.49. The Kier molecular flexibility index (Phi) is 20.0. The molecule has 4 aromatic carbocycles. The molecule has 456 valence electrons. The maximum Gasteiger partial charge on any atom is 0.233 e. The molecule has 0 aliphatic rings. The lowest BCUT2D eigenvalue weighted by atomic mass is 10.1. The topological polar surface area (TPSA) is 556 Å². The van der Waals surface area contributed by atoms with E-state index < -0.39 is 173 Å². The second kappa shape index (κ2) is 25.5. The van der Waals surface area contributed by atoms with Crippen molar-refractivity contribution < 1.29 is 98.2 Å². The number of hydrogen-bond donors (Lipinski definition) is 8. The van der Waals surface area contributed by atoms with Gasteiger partial charge in [-0.1, -0.05) is 24.3 Å². The van der Waals surface area contributed by atoms with Gasteiger partial charge in [0.2, 0.25) is 35.7 Å². The molecule has 0 radical (unpaired) electrons. The Bertz CT molecular complexity index is 3930. The lowest BCUT2D eigenvalue weighted by molar-refractivity contribution is 0.176. The smallest absolute Gasteiger partial charge is 0.233 e. The van der Waals surface area contributed by atoms with Gasteiger partial charge in [0.25, 0.3) is 0 Å². The summed E-state index contributed by atoms with van der Waals surface area (Å²) < 4.78 is 221. The Hall–Kier alpha value is -7.26. The fraction of sp³-hybridized carbons (Fsp3) is 0.273. The Morgan fingerprint density at radius 1 is 0.393 bits per heavy atom. The van der Waals surface area contributed by atoms with Crippen LogP contribution in [-0.2, 0) is 60.7 Å². The normalized spacial score (nSPS) is 14.1. The van der Waals surface area contributed by atoms with Crippen molar-refractivity contribution in [2.24, 2.45) is 0 Å². The van der Waals surface area contributed by atoms with E-state index in [1.54, 1.807) is 0 Å². The van der Waals surface area contributed by atoms with Crippen molar-refractivity contribution in [1.82, 2.24) is 29.9 Å². The molecule has 0 saturated heterocycles. The van der Waals surface area contributed by atoms with E-state index in [4.69, 9.17) is 0 Å². The Labute approximate surface area is 479 Å². The molecule has 6 aromatic rings. The van der Waals surface area contributed by atoms with Gasteiger partial charge in [-0.15, -0.1) is 0 Å². The summed E-state index contributed by atoms with van der Waals surface area (Å²) in [5, 5.41) is 50.8. The van der Waals surface area contributed by atoms with Crippen LogP contribution in [0.1, 0.15) is 38.8 Å². The molecule has 0 fully saturated rings. The first-order chi connectivity index (χ1) is 38.6. The van der Waals surface area contributed by atoms with E-state index >= 15 is 0 Å². The van der Waals surface area contributed by atoms with Gasteiger partial charge in [-0.05, 0) is 99.5 Å².